The molecule has 21 heavy (non-hydrogen) atoms. The molecule has 0 amide bonds. The molecule has 1 aliphatic rings. The number of nitrogens with one attached hydrogen (secondary N) is 1. The van der Waals surface area contributed by atoms with Crippen LogP contribution < -0.4 is 5.32 Å². The zero-order valence-electron chi connectivity index (χ0n) is 11.6. The first-order valence-corrected chi connectivity index (χ1v) is 8.40. The van der Waals surface area contributed by atoms with Crippen LogP contribution in [0.3, 0.4) is 0 Å². The van der Waals surface area contributed by atoms with Crippen LogP contribution in [0.15, 0.2) is 17.0 Å². The average Bonchev–Trinajstić information content (AvgIpc) is 2.70. The van der Waals surface area contributed by atoms with Gasteiger partial charge >= 0.3 is 5.97 Å². The topological polar surface area (TPSA) is 86.7 Å². The summed E-state index contributed by atoms with van der Waals surface area (Å²) in [4.78, 5) is 11.2. The normalized spacial score (nSPS) is 17.4. The van der Waals surface area contributed by atoms with Gasteiger partial charge in [-0.2, -0.15) is 4.31 Å². The van der Waals surface area contributed by atoms with E-state index in [1.807, 2.05) is 0 Å². The van der Waals surface area contributed by atoms with Gasteiger partial charge in [-0.25, -0.2) is 13.2 Å². The van der Waals surface area contributed by atoms with Crippen LogP contribution in [0.5, 0.6) is 0 Å². The van der Waals surface area contributed by atoms with Crippen molar-refractivity contribution < 1.29 is 18.3 Å². The van der Waals surface area contributed by atoms with Gasteiger partial charge in [0.1, 0.15) is 0 Å². The van der Waals surface area contributed by atoms with Crippen LogP contribution in [-0.2, 0) is 10.0 Å². The van der Waals surface area contributed by atoms with Crippen molar-refractivity contribution in [3.8, 4) is 0 Å². The fraction of sp³-hybridized carbons (Fsp3) is 0.462. The number of sulfonamides is 1. The van der Waals surface area contributed by atoms with E-state index in [2.05, 4.69) is 5.32 Å². The number of carbonyl (C=O) groups is 1. The molecule has 0 aliphatic carbocycles. The quantitative estimate of drug-likeness (QED) is 0.872. The highest BCUT2D eigenvalue weighted by molar-refractivity contribution is 7.89. The second-order valence-electron chi connectivity index (χ2n) is 4.89. The minimum absolute atomic E-state index is 0.0331. The number of hydrogen-bond donors (Lipinski definition) is 2. The second kappa shape index (κ2) is 6.31. The predicted molar refractivity (Wildman–Crippen MR) is 79.4 cm³/mol. The van der Waals surface area contributed by atoms with Crippen LogP contribution in [0.25, 0.3) is 0 Å². The average molecular weight is 333 g/mol. The maximum Gasteiger partial charge on any atom is 0.336 e. The summed E-state index contributed by atoms with van der Waals surface area (Å²) in [5, 5.41) is 12.4. The Balaban J connectivity index is 2.51. The smallest absolute Gasteiger partial charge is 0.336 e. The van der Waals surface area contributed by atoms with Gasteiger partial charge in [0, 0.05) is 24.7 Å². The van der Waals surface area contributed by atoms with E-state index in [0.29, 0.717) is 26.1 Å². The number of halogens is 1. The summed E-state index contributed by atoms with van der Waals surface area (Å²) >= 11 is 5.88. The molecular weight excluding hydrogens is 316 g/mol. The van der Waals surface area contributed by atoms with Gasteiger partial charge in [0.15, 0.2) is 0 Å². The lowest BCUT2D eigenvalue weighted by Crippen LogP contribution is -2.34. The first kappa shape index (κ1) is 16.2. The van der Waals surface area contributed by atoms with Crippen LogP contribution >= 0.6 is 11.6 Å². The summed E-state index contributed by atoms with van der Waals surface area (Å²) < 4.78 is 26.8. The van der Waals surface area contributed by atoms with Crippen LogP contribution in [0.1, 0.15) is 22.3 Å². The monoisotopic (exact) mass is 332 g/mol. The van der Waals surface area contributed by atoms with Crippen molar-refractivity contribution in [2.45, 2.75) is 18.2 Å². The molecule has 0 radical (unpaired) electrons. The summed E-state index contributed by atoms with van der Waals surface area (Å²) in [5.74, 6) is -1.19. The van der Waals surface area contributed by atoms with Gasteiger partial charge in [0.2, 0.25) is 10.0 Å². The van der Waals surface area contributed by atoms with E-state index in [1.54, 1.807) is 0 Å². The molecule has 0 unspecified atom stereocenters. The summed E-state index contributed by atoms with van der Waals surface area (Å²) in [6.45, 7) is 3.59. The van der Waals surface area contributed by atoms with Gasteiger partial charge in [-0.1, -0.05) is 11.6 Å². The van der Waals surface area contributed by atoms with Crippen molar-refractivity contribution >= 4 is 27.6 Å². The molecule has 1 aromatic rings. The molecule has 116 valence electrons. The van der Waals surface area contributed by atoms with Crippen LogP contribution in [0.4, 0.5) is 0 Å². The standard InChI is InChI=1S/C13H17ClN2O4S/c1-9-11(13(17)18)7-10(14)8-12(9)21(19,20)16-5-2-3-15-4-6-16/h7-8,15H,2-6H2,1H3,(H,17,18). The number of hydrogen-bond acceptors (Lipinski definition) is 4. The van der Waals surface area contributed by atoms with E-state index >= 15 is 0 Å². The van der Waals surface area contributed by atoms with E-state index in [1.165, 1.54) is 23.4 Å². The third-order valence-electron chi connectivity index (χ3n) is 3.47. The lowest BCUT2D eigenvalue weighted by Gasteiger charge is -2.21. The molecule has 0 bridgehead atoms. The lowest BCUT2D eigenvalue weighted by atomic mass is 10.1. The van der Waals surface area contributed by atoms with Crippen molar-refractivity contribution in [3.63, 3.8) is 0 Å². The van der Waals surface area contributed by atoms with Crippen LogP contribution in [0.2, 0.25) is 5.02 Å². The molecule has 0 spiro atoms. The van der Waals surface area contributed by atoms with Gasteiger partial charge < -0.3 is 10.4 Å². The number of rotatable bonds is 3. The van der Waals surface area contributed by atoms with E-state index < -0.39 is 16.0 Å². The highest BCUT2D eigenvalue weighted by atomic mass is 35.5. The Morgan fingerprint density at radius 3 is 2.71 bits per heavy atom. The van der Waals surface area contributed by atoms with E-state index in [-0.39, 0.29) is 21.0 Å². The van der Waals surface area contributed by atoms with Crippen molar-refractivity contribution in [2.24, 2.45) is 0 Å². The minimum Gasteiger partial charge on any atom is -0.478 e. The first-order chi connectivity index (χ1) is 9.84. The fourth-order valence-corrected chi connectivity index (χ4v) is 4.38. The van der Waals surface area contributed by atoms with E-state index in [9.17, 15) is 13.2 Å². The third kappa shape index (κ3) is 3.37. The maximum atomic E-state index is 12.7. The van der Waals surface area contributed by atoms with Gasteiger partial charge in [-0.3, -0.25) is 0 Å². The summed E-state index contributed by atoms with van der Waals surface area (Å²) in [7, 11) is -3.75. The van der Waals surface area contributed by atoms with Crippen LogP contribution in [-0.4, -0.2) is 50.0 Å². The summed E-state index contributed by atoms with van der Waals surface area (Å²) in [6, 6.07) is 2.58. The Hall–Kier alpha value is -1.15. The largest absolute Gasteiger partial charge is 0.478 e. The van der Waals surface area contributed by atoms with Gasteiger partial charge in [-0.15, -0.1) is 0 Å². The molecule has 1 heterocycles. The van der Waals surface area contributed by atoms with Crippen molar-refractivity contribution in [1.29, 1.82) is 0 Å². The SMILES string of the molecule is Cc1c(C(=O)O)cc(Cl)cc1S(=O)(=O)N1CCCNCC1. The highest BCUT2D eigenvalue weighted by Crippen LogP contribution is 2.27. The number of carboxylic acid groups (broad SMARTS) is 1. The Morgan fingerprint density at radius 2 is 2.05 bits per heavy atom. The molecule has 1 fully saturated rings. The molecule has 6 nitrogen and oxygen atoms in total. The van der Waals surface area contributed by atoms with Gasteiger partial charge in [-0.05, 0) is 37.6 Å². The number of carboxylic acids is 1. The van der Waals surface area contributed by atoms with E-state index in [4.69, 9.17) is 16.7 Å². The Bertz CT molecular complexity index is 652. The van der Waals surface area contributed by atoms with E-state index in [0.717, 1.165) is 6.54 Å². The zero-order valence-corrected chi connectivity index (χ0v) is 13.2. The van der Waals surface area contributed by atoms with Crippen LogP contribution in [0, 0.1) is 6.92 Å². The van der Waals surface area contributed by atoms with Gasteiger partial charge in [0.05, 0.1) is 10.5 Å². The summed E-state index contributed by atoms with van der Waals surface area (Å²) in [5.41, 5.74) is 0.123. The highest BCUT2D eigenvalue weighted by Gasteiger charge is 2.28. The number of nitrogens with zero attached hydrogens (tertiary/aromatic N) is 1. The molecule has 1 aliphatic heterocycles. The Labute approximate surface area is 128 Å². The van der Waals surface area contributed by atoms with Crippen molar-refractivity contribution in [1.82, 2.24) is 9.62 Å². The number of benzene rings is 1. The minimum atomic E-state index is -3.75. The molecule has 0 atom stereocenters. The van der Waals surface area contributed by atoms with Gasteiger partial charge in [0.25, 0.3) is 0 Å². The molecule has 0 saturated carbocycles. The second-order valence-corrected chi connectivity index (χ2v) is 7.23. The molecule has 0 aromatic heterocycles. The van der Waals surface area contributed by atoms with Crippen molar-refractivity contribution in [2.75, 3.05) is 26.2 Å². The number of aromatic carboxylic acids is 1. The molecule has 8 heteroatoms. The third-order valence-corrected chi connectivity index (χ3v) is 5.72. The molecule has 2 rings (SSSR count). The molecular formula is C13H17ClN2O4S. The predicted octanol–water partition coefficient (Wildman–Crippen LogP) is 1.33. The summed E-state index contributed by atoms with van der Waals surface area (Å²) in [6.07, 6.45) is 0.713. The zero-order chi connectivity index (χ0) is 15.6. The molecule has 1 saturated heterocycles. The first-order valence-electron chi connectivity index (χ1n) is 6.58. The molecule has 1 aromatic carbocycles. The van der Waals surface area contributed by atoms with Crippen molar-refractivity contribution in [3.05, 3.63) is 28.3 Å². The Morgan fingerprint density at radius 1 is 1.33 bits per heavy atom. The molecule has 2 N–H and O–H groups in total. The maximum absolute atomic E-state index is 12.7. The Kier molecular flexibility index (Phi) is 4.88. The lowest BCUT2D eigenvalue weighted by molar-refractivity contribution is 0.0696. The fourth-order valence-electron chi connectivity index (χ4n) is 2.34.